The second-order valence-electron chi connectivity index (χ2n) is 6.47. The van der Waals surface area contributed by atoms with Crippen LogP contribution in [0.4, 0.5) is 0 Å². The zero-order chi connectivity index (χ0) is 18.4. The molecule has 26 heavy (non-hydrogen) atoms. The van der Waals surface area contributed by atoms with Gasteiger partial charge in [-0.15, -0.1) is 35.3 Å². The van der Waals surface area contributed by atoms with Crippen molar-refractivity contribution in [3.05, 3.63) is 39.4 Å². The van der Waals surface area contributed by atoms with Crippen LogP contribution < -0.4 is 10.6 Å². The SMILES string of the molecule is CCNC(=NCC(C)(O)c1cccs1)NCC(C)c1c(C)noc1C.I. The van der Waals surface area contributed by atoms with Gasteiger partial charge in [-0.3, -0.25) is 0 Å². The van der Waals surface area contributed by atoms with Crippen molar-refractivity contribution in [2.45, 2.75) is 46.1 Å². The summed E-state index contributed by atoms with van der Waals surface area (Å²) in [5, 5.41) is 23.2. The standard InChI is InChI=1S/C18H28N4O2S.HI/c1-6-19-17(21-11-18(5,23)15-8-7-9-25-15)20-10-12(2)16-13(3)22-24-14(16)4;/h7-9,12,23H,6,10-11H2,1-5H3,(H2,19,20,21);1H. The van der Waals surface area contributed by atoms with Crippen LogP contribution >= 0.6 is 35.3 Å². The third-order valence-electron chi connectivity index (χ3n) is 4.10. The van der Waals surface area contributed by atoms with E-state index >= 15 is 0 Å². The number of hydrogen-bond acceptors (Lipinski definition) is 5. The Balaban J connectivity index is 0.00000338. The molecule has 0 aliphatic rings. The quantitative estimate of drug-likeness (QED) is 0.313. The molecule has 2 aromatic rings. The fraction of sp³-hybridized carbons (Fsp3) is 0.556. The molecule has 0 fully saturated rings. The minimum absolute atomic E-state index is 0. The summed E-state index contributed by atoms with van der Waals surface area (Å²) >= 11 is 1.54. The molecule has 2 heterocycles. The second-order valence-corrected chi connectivity index (χ2v) is 7.41. The van der Waals surface area contributed by atoms with Gasteiger partial charge in [-0.1, -0.05) is 18.1 Å². The minimum atomic E-state index is -0.968. The summed E-state index contributed by atoms with van der Waals surface area (Å²) in [4.78, 5) is 5.46. The molecule has 2 aromatic heterocycles. The van der Waals surface area contributed by atoms with Crippen LogP contribution in [0.3, 0.4) is 0 Å². The molecule has 2 atom stereocenters. The maximum absolute atomic E-state index is 10.6. The summed E-state index contributed by atoms with van der Waals surface area (Å²) < 4.78 is 5.25. The van der Waals surface area contributed by atoms with Crippen LogP contribution in [0.2, 0.25) is 0 Å². The third-order valence-corrected chi connectivity index (χ3v) is 5.22. The van der Waals surface area contributed by atoms with E-state index in [1.807, 2.05) is 38.3 Å². The molecular weight excluding hydrogens is 463 g/mol. The van der Waals surface area contributed by atoms with Gasteiger partial charge >= 0.3 is 0 Å². The van der Waals surface area contributed by atoms with Crippen LogP contribution in [0.1, 0.15) is 48.6 Å². The van der Waals surface area contributed by atoms with Crippen LogP contribution in [0.15, 0.2) is 27.0 Å². The van der Waals surface area contributed by atoms with Crippen molar-refractivity contribution in [2.75, 3.05) is 19.6 Å². The Morgan fingerprint density at radius 1 is 1.42 bits per heavy atom. The van der Waals surface area contributed by atoms with Crippen LogP contribution in [0.5, 0.6) is 0 Å². The van der Waals surface area contributed by atoms with Crippen molar-refractivity contribution in [3.63, 3.8) is 0 Å². The van der Waals surface area contributed by atoms with E-state index in [4.69, 9.17) is 4.52 Å². The van der Waals surface area contributed by atoms with Gasteiger partial charge in [0.15, 0.2) is 5.96 Å². The smallest absolute Gasteiger partial charge is 0.191 e. The Kier molecular flexibility index (Phi) is 9.05. The topological polar surface area (TPSA) is 82.7 Å². The van der Waals surface area contributed by atoms with Crippen molar-refractivity contribution < 1.29 is 9.63 Å². The number of aryl methyl sites for hydroxylation is 2. The summed E-state index contributed by atoms with van der Waals surface area (Å²) in [5.74, 6) is 1.79. The number of aliphatic imine (C=N–C) groups is 1. The molecule has 2 unspecified atom stereocenters. The predicted molar refractivity (Wildman–Crippen MR) is 118 cm³/mol. The van der Waals surface area contributed by atoms with E-state index in [1.165, 1.54) is 11.3 Å². The molecule has 0 spiro atoms. The molecule has 0 saturated heterocycles. The van der Waals surface area contributed by atoms with E-state index in [0.29, 0.717) is 19.0 Å². The van der Waals surface area contributed by atoms with Gasteiger partial charge < -0.3 is 20.3 Å². The highest BCUT2D eigenvalue weighted by atomic mass is 127. The average molecular weight is 492 g/mol. The van der Waals surface area contributed by atoms with Crippen LogP contribution in [-0.2, 0) is 5.60 Å². The van der Waals surface area contributed by atoms with E-state index < -0.39 is 5.60 Å². The predicted octanol–water partition coefficient (Wildman–Crippen LogP) is 3.54. The Morgan fingerprint density at radius 3 is 2.69 bits per heavy atom. The molecule has 0 amide bonds. The number of nitrogens with zero attached hydrogens (tertiary/aromatic N) is 2. The lowest BCUT2D eigenvalue weighted by Gasteiger charge is -2.21. The minimum Gasteiger partial charge on any atom is -0.383 e. The number of rotatable bonds is 7. The van der Waals surface area contributed by atoms with Gasteiger partial charge in [-0.05, 0) is 39.1 Å². The molecule has 6 nitrogen and oxygen atoms in total. The molecule has 0 aliphatic heterocycles. The maximum atomic E-state index is 10.6. The van der Waals surface area contributed by atoms with Gasteiger partial charge in [0.25, 0.3) is 0 Å². The normalized spacial score (nSPS) is 15.1. The molecule has 3 N–H and O–H groups in total. The number of nitrogens with one attached hydrogen (secondary N) is 2. The summed E-state index contributed by atoms with van der Waals surface area (Å²) in [7, 11) is 0. The van der Waals surface area contributed by atoms with E-state index in [-0.39, 0.29) is 29.9 Å². The lowest BCUT2D eigenvalue weighted by atomic mass is 10.00. The maximum Gasteiger partial charge on any atom is 0.191 e. The lowest BCUT2D eigenvalue weighted by Crippen LogP contribution is -2.40. The highest BCUT2D eigenvalue weighted by Gasteiger charge is 2.24. The van der Waals surface area contributed by atoms with Gasteiger partial charge in [0, 0.05) is 29.4 Å². The average Bonchev–Trinajstić information content (AvgIpc) is 3.21. The number of aliphatic hydroxyl groups is 1. The molecule has 2 rings (SSSR count). The van der Waals surface area contributed by atoms with Crippen molar-refractivity contribution >= 4 is 41.3 Å². The summed E-state index contributed by atoms with van der Waals surface area (Å²) in [6.45, 7) is 11.6. The molecule has 0 aliphatic carbocycles. The Morgan fingerprint density at radius 2 is 2.15 bits per heavy atom. The molecule has 8 heteroatoms. The van der Waals surface area contributed by atoms with Crippen LogP contribution in [0.25, 0.3) is 0 Å². The highest BCUT2D eigenvalue weighted by molar-refractivity contribution is 14.0. The van der Waals surface area contributed by atoms with E-state index in [9.17, 15) is 5.11 Å². The van der Waals surface area contributed by atoms with Crippen molar-refractivity contribution in [3.8, 4) is 0 Å². The Labute approximate surface area is 176 Å². The van der Waals surface area contributed by atoms with E-state index in [2.05, 4.69) is 27.7 Å². The largest absolute Gasteiger partial charge is 0.383 e. The highest BCUT2D eigenvalue weighted by Crippen LogP contribution is 2.25. The Hall–Kier alpha value is -1.13. The zero-order valence-corrected chi connectivity index (χ0v) is 19.1. The first-order valence-corrected chi connectivity index (χ1v) is 9.44. The first-order valence-electron chi connectivity index (χ1n) is 8.56. The molecule has 0 saturated carbocycles. The van der Waals surface area contributed by atoms with Gasteiger partial charge in [0.2, 0.25) is 0 Å². The van der Waals surface area contributed by atoms with Gasteiger partial charge in [-0.25, -0.2) is 4.99 Å². The van der Waals surface area contributed by atoms with E-state index in [1.54, 1.807) is 6.92 Å². The van der Waals surface area contributed by atoms with Crippen LogP contribution in [-0.4, -0.2) is 35.9 Å². The van der Waals surface area contributed by atoms with E-state index in [0.717, 1.165) is 28.4 Å². The fourth-order valence-corrected chi connectivity index (χ4v) is 3.56. The molecular formula is C18H29IN4O2S. The van der Waals surface area contributed by atoms with Crippen molar-refractivity contribution in [1.29, 1.82) is 0 Å². The van der Waals surface area contributed by atoms with Gasteiger partial charge in [-0.2, -0.15) is 0 Å². The molecule has 0 bridgehead atoms. The van der Waals surface area contributed by atoms with Gasteiger partial charge in [0.05, 0.1) is 12.2 Å². The molecule has 0 radical (unpaired) electrons. The first kappa shape index (κ1) is 22.9. The fourth-order valence-electron chi connectivity index (χ4n) is 2.78. The number of hydrogen-bond donors (Lipinski definition) is 3. The van der Waals surface area contributed by atoms with Crippen molar-refractivity contribution in [2.24, 2.45) is 4.99 Å². The van der Waals surface area contributed by atoms with Gasteiger partial charge in [0.1, 0.15) is 11.4 Å². The number of halogens is 1. The number of guanidine groups is 1. The summed E-state index contributed by atoms with van der Waals surface area (Å²) in [6.07, 6.45) is 0. The monoisotopic (exact) mass is 492 g/mol. The number of thiophene rings is 1. The first-order chi connectivity index (χ1) is 11.8. The van der Waals surface area contributed by atoms with Crippen LogP contribution in [0, 0.1) is 13.8 Å². The molecule has 0 aromatic carbocycles. The zero-order valence-electron chi connectivity index (χ0n) is 16.0. The third kappa shape index (κ3) is 5.95. The second kappa shape index (κ2) is 10.3. The summed E-state index contributed by atoms with van der Waals surface area (Å²) in [6, 6.07) is 3.87. The number of aromatic nitrogens is 1. The molecule has 146 valence electrons. The summed E-state index contributed by atoms with van der Waals surface area (Å²) in [5.41, 5.74) is 1.09. The lowest BCUT2D eigenvalue weighted by molar-refractivity contribution is 0.0711. The van der Waals surface area contributed by atoms with Crippen molar-refractivity contribution in [1.82, 2.24) is 15.8 Å². The Bertz CT molecular complexity index is 679.